The van der Waals surface area contributed by atoms with Crippen molar-refractivity contribution in [2.24, 2.45) is 5.11 Å². The highest BCUT2D eigenvalue weighted by Crippen LogP contribution is 2.37. The van der Waals surface area contributed by atoms with Gasteiger partial charge >= 0.3 is 0 Å². The van der Waals surface area contributed by atoms with Gasteiger partial charge in [0.05, 0.1) is 11.1 Å². The summed E-state index contributed by atoms with van der Waals surface area (Å²) < 4.78 is 6.36. The Bertz CT molecular complexity index is 1380. The van der Waals surface area contributed by atoms with E-state index >= 15 is 0 Å². The summed E-state index contributed by atoms with van der Waals surface area (Å²) in [5, 5.41) is 5.61. The first-order valence-electron chi connectivity index (χ1n) is 12.3. The summed E-state index contributed by atoms with van der Waals surface area (Å²) in [6.07, 6.45) is 4.70. The number of pyridine rings is 1. The van der Waals surface area contributed by atoms with E-state index in [2.05, 4.69) is 32.0 Å². The van der Waals surface area contributed by atoms with Gasteiger partial charge in [-0.15, -0.1) is 0 Å². The Morgan fingerprint density at radius 3 is 2.61 bits per heavy atom. The predicted octanol–water partition coefficient (Wildman–Crippen LogP) is 7.66. The molecule has 4 aromatic rings. The molecule has 1 aromatic heterocycles. The van der Waals surface area contributed by atoms with Crippen LogP contribution in [0.3, 0.4) is 0 Å². The molecule has 182 valence electrons. The van der Waals surface area contributed by atoms with Crippen molar-refractivity contribution in [2.45, 2.75) is 38.5 Å². The molecular weight excluding hydrogens is 470 g/mol. The SMILES string of the molecule is [N-]=[N+]=NC(Cc1cc(Cl)c2cccnc2c1OCc1ccccc1)c1cccc(CN2CCCC2)c1. The van der Waals surface area contributed by atoms with Crippen molar-refractivity contribution in [1.29, 1.82) is 0 Å². The third-order valence-electron chi connectivity index (χ3n) is 6.64. The molecule has 0 aliphatic carbocycles. The average molecular weight is 498 g/mol. The predicted molar refractivity (Wildman–Crippen MR) is 144 cm³/mol. The molecular formula is C29H28ClN5O. The van der Waals surface area contributed by atoms with Crippen molar-refractivity contribution in [3.63, 3.8) is 0 Å². The zero-order chi connectivity index (χ0) is 24.7. The minimum atomic E-state index is -0.398. The van der Waals surface area contributed by atoms with Crippen LogP contribution in [0.25, 0.3) is 21.3 Å². The zero-order valence-electron chi connectivity index (χ0n) is 20.1. The Hall–Kier alpha value is -3.57. The summed E-state index contributed by atoms with van der Waals surface area (Å²) in [6.45, 7) is 3.58. The molecule has 0 bridgehead atoms. The lowest BCUT2D eigenvalue weighted by Gasteiger charge is -2.19. The lowest BCUT2D eigenvalue weighted by molar-refractivity contribution is 0.305. The van der Waals surface area contributed by atoms with Gasteiger partial charge < -0.3 is 4.74 Å². The van der Waals surface area contributed by atoms with E-state index < -0.39 is 6.04 Å². The Balaban J connectivity index is 1.48. The van der Waals surface area contributed by atoms with Crippen LogP contribution >= 0.6 is 11.6 Å². The highest BCUT2D eigenvalue weighted by molar-refractivity contribution is 6.35. The first-order valence-corrected chi connectivity index (χ1v) is 12.7. The van der Waals surface area contributed by atoms with Crippen LogP contribution in [-0.2, 0) is 19.6 Å². The second kappa shape index (κ2) is 11.4. The first-order chi connectivity index (χ1) is 17.7. The Kier molecular flexibility index (Phi) is 7.67. The fraction of sp³-hybridized carbons (Fsp3) is 0.276. The van der Waals surface area contributed by atoms with Gasteiger partial charge in [0, 0.05) is 23.0 Å². The number of nitrogens with zero attached hydrogens (tertiary/aromatic N) is 5. The molecule has 2 heterocycles. The second-order valence-electron chi connectivity index (χ2n) is 9.17. The lowest BCUT2D eigenvalue weighted by Crippen LogP contribution is -2.18. The van der Waals surface area contributed by atoms with E-state index in [9.17, 15) is 5.53 Å². The number of hydrogen-bond acceptors (Lipinski definition) is 4. The number of fused-ring (bicyclic) bond motifs is 1. The maximum Gasteiger partial charge on any atom is 0.149 e. The van der Waals surface area contributed by atoms with Gasteiger partial charge in [0.1, 0.15) is 17.9 Å². The van der Waals surface area contributed by atoms with Gasteiger partial charge in [-0.2, -0.15) is 0 Å². The normalized spacial score (nSPS) is 14.5. The highest BCUT2D eigenvalue weighted by atomic mass is 35.5. The van der Waals surface area contributed by atoms with Crippen molar-refractivity contribution < 1.29 is 4.74 Å². The first kappa shape index (κ1) is 24.1. The van der Waals surface area contributed by atoms with Gasteiger partial charge in [0.25, 0.3) is 0 Å². The van der Waals surface area contributed by atoms with Crippen LogP contribution in [-0.4, -0.2) is 23.0 Å². The minimum absolute atomic E-state index is 0.398. The summed E-state index contributed by atoms with van der Waals surface area (Å²) in [5.41, 5.74) is 14.2. The number of aromatic nitrogens is 1. The smallest absolute Gasteiger partial charge is 0.149 e. The molecule has 0 radical (unpaired) electrons. The molecule has 0 spiro atoms. The van der Waals surface area contributed by atoms with E-state index in [1.165, 1.54) is 18.4 Å². The standard InChI is InChI=1S/C29H28ClN5O/c30-26-17-24(29(28-25(26)12-7-13-32-28)36-20-21-8-2-1-3-9-21)18-27(33-34-31)23-11-6-10-22(16-23)19-35-14-4-5-15-35/h1-3,6-13,16-17,27H,4-5,14-15,18-20H2. The van der Waals surface area contributed by atoms with Crippen molar-refractivity contribution in [3.8, 4) is 5.75 Å². The average Bonchev–Trinajstić information content (AvgIpc) is 3.42. The summed E-state index contributed by atoms with van der Waals surface area (Å²) >= 11 is 6.67. The molecule has 1 atom stereocenters. The summed E-state index contributed by atoms with van der Waals surface area (Å²) in [5.74, 6) is 0.671. The van der Waals surface area contributed by atoms with E-state index in [1.54, 1.807) is 6.20 Å². The Morgan fingerprint density at radius 2 is 1.81 bits per heavy atom. The highest BCUT2D eigenvalue weighted by Gasteiger charge is 2.20. The molecule has 36 heavy (non-hydrogen) atoms. The Labute approximate surface area is 216 Å². The van der Waals surface area contributed by atoms with E-state index in [-0.39, 0.29) is 0 Å². The van der Waals surface area contributed by atoms with Gasteiger partial charge in [-0.05, 0) is 78.3 Å². The quantitative estimate of drug-likeness (QED) is 0.135. The number of azide groups is 1. The monoisotopic (exact) mass is 497 g/mol. The van der Waals surface area contributed by atoms with Crippen LogP contribution in [0.4, 0.5) is 0 Å². The number of hydrogen-bond donors (Lipinski definition) is 0. The molecule has 1 fully saturated rings. The molecule has 1 saturated heterocycles. The van der Waals surface area contributed by atoms with Crippen LogP contribution in [0.1, 0.15) is 41.1 Å². The lowest BCUT2D eigenvalue weighted by atomic mass is 9.96. The maximum atomic E-state index is 9.40. The van der Waals surface area contributed by atoms with Gasteiger partial charge in [-0.25, -0.2) is 0 Å². The fourth-order valence-corrected chi connectivity index (χ4v) is 5.15. The Morgan fingerprint density at radius 1 is 1.00 bits per heavy atom. The van der Waals surface area contributed by atoms with Gasteiger partial charge in [-0.3, -0.25) is 9.88 Å². The van der Waals surface area contributed by atoms with Crippen LogP contribution in [0, 0.1) is 0 Å². The minimum Gasteiger partial charge on any atom is -0.486 e. The van der Waals surface area contributed by atoms with Gasteiger partial charge in [0.15, 0.2) is 0 Å². The number of likely N-dealkylation sites (tertiary alicyclic amines) is 1. The molecule has 3 aromatic carbocycles. The molecule has 0 saturated carbocycles. The summed E-state index contributed by atoms with van der Waals surface area (Å²) in [6, 6.07) is 23.7. The van der Waals surface area contributed by atoms with E-state index in [4.69, 9.17) is 16.3 Å². The van der Waals surface area contributed by atoms with Crippen molar-refractivity contribution in [1.82, 2.24) is 9.88 Å². The zero-order valence-corrected chi connectivity index (χ0v) is 20.8. The molecule has 0 N–H and O–H groups in total. The van der Waals surface area contributed by atoms with Crippen molar-refractivity contribution >= 4 is 22.5 Å². The van der Waals surface area contributed by atoms with Gasteiger partial charge in [0.2, 0.25) is 0 Å². The number of halogens is 1. The van der Waals surface area contributed by atoms with E-state index in [0.29, 0.717) is 29.3 Å². The van der Waals surface area contributed by atoms with E-state index in [0.717, 1.165) is 41.7 Å². The number of ether oxygens (including phenoxy) is 1. The molecule has 1 aliphatic heterocycles. The molecule has 7 heteroatoms. The van der Waals surface area contributed by atoms with Crippen LogP contribution in [0.15, 0.2) is 84.1 Å². The number of benzene rings is 3. The molecule has 5 rings (SSSR count). The molecule has 0 amide bonds. The number of rotatable bonds is 9. The van der Waals surface area contributed by atoms with Crippen molar-refractivity contribution in [2.75, 3.05) is 13.1 Å². The third kappa shape index (κ3) is 5.63. The largest absolute Gasteiger partial charge is 0.486 e. The third-order valence-corrected chi connectivity index (χ3v) is 6.96. The van der Waals surface area contributed by atoms with Crippen LogP contribution in [0.2, 0.25) is 5.02 Å². The summed E-state index contributed by atoms with van der Waals surface area (Å²) in [4.78, 5) is 10.2. The molecule has 1 aliphatic rings. The summed E-state index contributed by atoms with van der Waals surface area (Å²) in [7, 11) is 0. The van der Waals surface area contributed by atoms with Crippen molar-refractivity contribution in [3.05, 3.63) is 117 Å². The topological polar surface area (TPSA) is 74.1 Å². The van der Waals surface area contributed by atoms with Crippen LogP contribution < -0.4 is 4.74 Å². The second-order valence-corrected chi connectivity index (χ2v) is 9.58. The van der Waals surface area contributed by atoms with Crippen LogP contribution in [0.5, 0.6) is 5.75 Å². The fourth-order valence-electron chi connectivity index (χ4n) is 4.86. The molecule has 6 nitrogen and oxygen atoms in total. The van der Waals surface area contributed by atoms with E-state index in [1.807, 2.05) is 60.7 Å². The van der Waals surface area contributed by atoms with Gasteiger partial charge in [-0.1, -0.05) is 71.3 Å². The maximum absolute atomic E-state index is 9.40. The molecule has 1 unspecified atom stereocenters.